The van der Waals surface area contributed by atoms with Crippen LogP contribution in [0.4, 0.5) is 5.69 Å². The van der Waals surface area contributed by atoms with E-state index in [1.807, 2.05) is 6.92 Å². The number of aliphatic hydroxyl groups excluding tert-OH is 1. The topological polar surface area (TPSA) is 66.4 Å². The molecule has 2 aromatic carbocycles. The Morgan fingerprint density at radius 2 is 1.90 bits per heavy atom. The minimum Gasteiger partial charge on any atom is -0.389 e. The standard InChI is InChI=1S/C15H16ClNO3S/c1-10-6-7-14(16)15(8-10)17-21(19,20)13-5-3-4-12(9-13)11(2)18/h3-9,11,17-18H,1-2H3. The number of sulfonamides is 1. The maximum atomic E-state index is 12.4. The van der Waals surface area contributed by atoms with Gasteiger partial charge in [0.1, 0.15) is 0 Å². The van der Waals surface area contributed by atoms with Gasteiger partial charge in [0.15, 0.2) is 0 Å². The van der Waals surface area contributed by atoms with Crippen molar-refractivity contribution in [1.82, 2.24) is 0 Å². The molecule has 0 radical (unpaired) electrons. The third-order valence-corrected chi connectivity index (χ3v) is 4.71. The fraction of sp³-hybridized carbons (Fsp3) is 0.200. The van der Waals surface area contributed by atoms with E-state index in [-0.39, 0.29) is 4.90 Å². The van der Waals surface area contributed by atoms with Crippen molar-refractivity contribution in [2.75, 3.05) is 4.72 Å². The van der Waals surface area contributed by atoms with Crippen molar-refractivity contribution < 1.29 is 13.5 Å². The second-order valence-electron chi connectivity index (χ2n) is 4.84. The van der Waals surface area contributed by atoms with Crippen LogP contribution in [0.3, 0.4) is 0 Å². The molecule has 0 bridgehead atoms. The number of hydrogen-bond donors (Lipinski definition) is 2. The van der Waals surface area contributed by atoms with Crippen LogP contribution < -0.4 is 4.72 Å². The maximum absolute atomic E-state index is 12.4. The highest BCUT2D eigenvalue weighted by molar-refractivity contribution is 7.92. The van der Waals surface area contributed by atoms with Crippen molar-refractivity contribution in [3.8, 4) is 0 Å². The number of hydrogen-bond acceptors (Lipinski definition) is 3. The van der Waals surface area contributed by atoms with Crippen molar-refractivity contribution in [3.63, 3.8) is 0 Å². The summed E-state index contributed by atoms with van der Waals surface area (Å²) in [6, 6.07) is 11.3. The van der Waals surface area contributed by atoms with Crippen molar-refractivity contribution in [1.29, 1.82) is 0 Å². The quantitative estimate of drug-likeness (QED) is 0.904. The lowest BCUT2D eigenvalue weighted by Crippen LogP contribution is -2.13. The lowest BCUT2D eigenvalue weighted by molar-refractivity contribution is 0.199. The Morgan fingerprint density at radius 3 is 2.57 bits per heavy atom. The second kappa shape index (κ2) is 6.05. The summed E-state index contributed by atoms with van der Waals surface area (Å²) >= 11 is 6.00. The molecule has 0 aliphatic rings. The molecule has 0 fully saturated rings. The highest BCUT2D eigenvalue weighted by Crippen LogP contribution is 2.26. The molecule has 2 rings (SSSR count). The average Bonchev–Trinajstić information content (AvgIpc) is 2.43. The number of nitrogens with one attached hydrogen (secondary N) is 1. The lowest BCUT2D eigenvalue weighted by atomic mass is 10.1. The normalized spacial score (nSPS) is 13.0. The lowest BCUT2D eigenvalue weighted by Gasteiger charge is -2.12. The van der Waals surface area contributed by atoms with E-state index in [1.54, 1.807) is 37.3 Å². The van der Waals surface area contributed by atoms with Crippen LogP contribution in [0.5, 0.6) is 0 Å². The van der Waals surface area contributed by atoms with Crippen LogP contribution in [-0.2, 0) is 10.0 Å². The van der Waals surface area contributed by atoms with Gasteiger partial charge < -0.3 is 5.11 Å². The SMILES string of the molecule is Cc1ccc(Cl)c(NS(=O)(=O)c2cccc(C(C)O)c2)c1. The van der Waals surface area contributed by atoms with Crippen LogP contribution >= 0.6 is 11.6 Å². The van der Waals surface area contributed by atoms with Crippen molar-refractivity contribution >= 4 is 27.3 Å². The monoisotopic (exact) mass is 325 g/mol. The Hall–Kier alpha value is -1.56. The maximum Gasteiger partial charge on any atom is 0.261 e. The molecule has 1 atom stereocenters. The van der Waals surface area contributed by atoms with Gasteiger partial charge in [-0.25, -0.2) is 8.42 Å². The molecule has 2 N–H and O–H groups in total. The van der Waals surface area contributed by atoms with E-state index in [4.69, 9.17) is 11.6 Å². The minimum absolute atomic E-state index is 0.0819. The largest absolute Gasteiger partial charge is 0.389 e. The molecule has 0 spiro atoms. The van der Waals surface area contributed by atoms with Gasteiger partial charge in [0.2, 0.25) is 0 Å². The van der Waals surface area contributed by atoms with Crippen LogP contribution in [0.15, 0.2) is 47.4 Å². The summed E-state index contributed by atoms with van der Waals surface area (Å²) in [7, 11) is -3.75. The van der Waals surface area contributed by atoms with E-state index in [0.29, 0.717) is 16.3 Å². The van der Waals surface area contributed by atoms with Gasteiger partial charge in [0.05, 0.1) is 21.7 Å². The smallest absolute Gasteiger partial charge is 0.261 e. The molecule has 0 saturated heterocycles. The zero-order chi connectivity index (χ0) is 15.6. The molecule has 0 amide bonds. The van der Waals surface area contributed by atoms with Gasteiger partial charge in [-0.3, -0.25) is 4.72 Å². The Labute approximate surface area is 129 Å². The number of halogens is 1. The average molecular weight is 326 g/mol. The fourth-order valence-electron chi connectivity index (χ4n) is 1.86. The van der Waals surface area contributed by atoms with Gasteiger partial charge >= 0.3 is 0 Å². The summed E-state index contributed by atoms with van der Waals surface area (Å²) in [5.41, 5.74) is 1.77. The molecule has 21 heavy (non-hydrogen) atoms. The Balaban J connectivity index is 2.38. The fourth-order valence-corrected chi connectivity index (χ4v) is 3.21. The molecule has 0 aliphatic heterocycles. The number of rotatable bonds is 4. The molecule has 0 heterocycles. The molecule has 0 aromatic heterocycles. The van der Waals surface area contributed by atoms with E-state index in [1.165, 1.54) is 12.1 Å². The Kier molecular flexibility index (Phi) is 4.56. The zero-order valence-corrected chi connectivity index (χ0v) is 13.2. The van der Waals surface area contributed by atoms with Gasteiger partial charge in [0, 0.05) is 0 Å². The van der Waals surface area contributed by atoms with Crippen LogP contribution in [-0.4, -0.2) is 13.5 Å². The molecule has 112 valence electrons. The van der Waals surface area contributed by atoms with Gasteiger partial charge in [0.25, 0.3) is 10.0 Å². The highest BCUT2D eigenvalue weighted by Gasteiger charge is 2.17. The Bertz CT molecular complexity index is 757. The van der Waals surface area contributed by atoms with E-state index < -0.39 is 16.1 Å². The van der Waals surface area contributed by atoms with Crippen LogP contribution in [0.2, 0.25) is 5.02 Å². The summed E-state index contributed by atoms with van der Waals surface area (Å²) in [6.07, 6.45) is -0.734. The zero-order valence-electron chi connectivity index (χ0n) is 11.7. The first-order valence-electron chi connectivity index (χ1n) is 6.36. The third kappa shape index (κ3) is 3.75. The highest BCUT2D eigenvalue weighted by atomic mass is 35.5. The van der Waals surface area contributed by atoms with Crippen LogP contribution in [0, 0.1) is 6.92 Å². The number of aryl methyl sites for hydroxylation is 1. The second-order valence-corrected chi connectivity index (χ2v) is 6.93. The van der Waals surface area contributed by atoms with Gasteiger partial charge in [-0.1, -0.05) is 29.8 Å². The first kappa shape index (κ1) is 15.8. The Morgan fingerprint density at radius 1 is 1.19 bits per heavy atom. The predicted octanol–water partition coefficient (Wildman–Crippen LogP) is 3.50. The minimum atomic E-state index is -3.75. The van der Waals surface area contributed by atoms with Crippen LogP contribution in [0.1, 0.15) is 24.2 Å². The van der Waals surface area contributed by atoms with Crippen molar-refractivity contribution in [3.05, 3.63) is 58.6 Å². The number of benzene rings is 2. The molecule has 2 aromatic rings. The van der Waals surface area contributed by atoms with Gasteiger partial charge in [-0.05, 0) is 49.2 Å². The van der Waals surface area contributed by atoms with E-state index >= 15 is 0 Å². The predicted molar refractivity (Wildman–Crippen MR) is 84.1 cm³/mol. The summed E-state index contributed by atoms with van der Waals surface area (Å²) in [5, 5.41) is 9.88. The third-order valence-electron chi connectivity index (χ3n) is 3.02. The van der Waals surface area contributed by atoms with E-state index in [0.717, 1.165) is 5.56 Å². The molecule has 4 nitrogen and oxygen atoms in total. The van der Waals surface area contributed by atoms with Crippen molar-refractivity contribution in [2.45, 2.75) is 24.8 Å². The van der Waals surface area contributed by atoms with Crippen LogP contribution in [0.25, 0.3) is 0 Å². The summed E-state index contributed by atoms with van der Waals surface area (Å²) < 4.78 is 27.2. The first-order chi connectivity index (χ1) is 9.79. The molecule has 0 saturated carbocycles. The number of anilines is 1. The van der Waals surface area contributed by atoms with Crippen molar-refractivity contribution in [2.24, 2.45) is 0 Å². The van der Waals surface area contributed by atoms with E-state index in [2.05, 4.69) is 4.72 Å². The number of aliphatic hydroxyl groups is 1. The molecule has 0 aliphatic carbocycles. The summed E-state index contributed by atoms with van der Waals surface area (Å²) in [5.74, 6) is 0. The molecule has 1 unspecified atom stereocenters. The van der Waals surface area contributed by atoms with E-state index in [9.17, 15) is 13.5 Å². The molecular formula is C15H16ClNO3S. The molecular weight excluding hydrogens is 310 g/mol. The summed E-state index contributed by atoms with van der Waals surface area (Å²) in [6.45, 7) is 3.43. The van der Waals surface area contributed by atoms with Gasteiger partial charge in [-0.15, -0.1) is 0 Å². The molecule has 6 heteroatoms. The summed E-state index contributed by atoms with van der Waals surface area (Å²) in [4.78, 5) is 0.0819. The van der Waals surface area contributed by atoms with Gasteiger partial charge in [-0.2, -0.15) is 0 Å². The first-order valence-corrected chi connectivity index (χ1v) is 8.23.